The molecule has 0 unspecified atom stereocenters. The summed E-state index contributed by atoms with van der Waals surface area (Å²) in [6.45, 7) is 0.544. The van der Waals surface area contributed by atoms with E-state index in [4.69, 9.17) is 12.2 Å². The van der Waals surface area contributed by atoms with Gasteiger partial charge in [0.2, 0.25) is 0 Å². The third kappa shape index (κ3) is 2.36. The van der Waals surface area contributed by atoms with Crippen LogP contribution < -0.4 is 10.6 Å². The number of nitrogens with two attached hydrogens (primary N) is 1. The third-order valence-corrected chi connectivity index (χ3v) is 2.21. The highest BCUT2D eigenvalue weighted by atomic mass is 79.9. The van der Waals surface area contributed by atoms with Gasteiger partial charge in [-0.1, -0.05) is 5.92 Å². The zero-order chi connectivity index (χ0) is 9.84. The van der Waals surface area contributed by atoms with Gasteiger partial charge in [-0.25, -0.2) is 4.98 Å². The van der Waals surface area contributed by atoms with E-state index < -0.39 is 0 Å². The minimum Gasteiger partial charge on any atom is -0.384 e. The number of nitrogens with zero attached hydrogens (tertiary/aromatic N) is 2. The van der Waals surface area contributed by atoms with Crippen molar-refractivity contribution in [3.05, 3.63) is 16.7 Å². The van der Waals surface area contributed by atoms with Crippen LogP contribution in [0.2, 0.25) is 0 Å². The summed E-state index contributed by atoms with van der Waals surface area (Å²) in [5.74, 6) is 3.04. The van der Waals surface area contributed by atoms with Crippen molar-refractivity contribution in [2.45, 2.75) is 0 Å². The number of anilines is 2. The maximum absolute atomic E-state index is 5.55. The van der Waals surface area contributed by atoms with E-state index in [2.05, 4.69) is 26.8 Å². The van der Waals surface area contributed by atoms with Gasteiger partial charge in [-0.05, 0) is 15.9 Å². The third-order valence-electron chi connectivity index (χ3n) is 1.60. The van der Waals surface area contributed by atoms with Crippen LogP contribution in [0.25, 0.3) is 0 Å². The zero-order valence-corrected chi connectivity index (χ0v) is 8.87. The molecule has 0 atom stereocenters. The summed E-state index contributed by atoms with van der Waals surface area (Å²) in [6.07, 6.45) is 6.87. The summed E-state index contributed by atoms with van der Waals surface area (Å²) in [4.78, 5) is 5.85. The second kappa shape index (κ2) is 4.15. The highest BCUT2D eigenvalue weighted by molar-refractivity contribution is 9.10. The Balaban J connectivity index is 3.00. The fourth-order valence-corrected chi connectivity index (χ4v) is 1.48. The van der Waals surface area contributed by atoms with Gasteiger partial charge in [0.05, 0.1) is 16.7 Å². The molecule has 68 valence electrons. The number of nitrogen functional groups attached to an aromatic ring is 1. The molecular formula is C9H10BrN3. The molecule has 0 spiro atoms. The molecule has 0 fully saturated rings. The van der Waals surface area contributed by atoms with Crippen LogP contribution in [0.5, 0.6) is 0 Å². The van der Waals surface area contributed by atoms with Gasteiger partial charge in [0.25, 0.3) is 0 Å². The van der Waals surface area contributed by atoms with Crippen LogP contribution in [-0.4, -0.2) is 18.6 Å². The van der Waals surface area contributed by atoms with E-state index in [1.807, 2.05) is 11.9 Å². The SMILES string of the molecule is C#CCN(C)c1cc(N)ncc1Br. The number of hydrogen-bond acceptors (Lipinski definition) is 3. The standard InChI is InChI=1S/C9H10BrN3/c1-3-4-13(2)8-5-9(11)12-6-7(8)10/h1,5-6H,4H2,2H3,(H2,11,12). The highest BCUT2D eigenvalue weighted by Gasteiger charge is 2.05. The Morgan fingerprint density at radius 2 is 2.46 bits per heavy atom. The fourth-order valence-electron chi connectivity index (χ4n) is 0.958. The van der Waals surface area contributed by atoms with E-state index in [9.17, 15) is 0 Å². The molecule has 0 aliphatic heterocycles. The number of halogens is 1. The molecule has 0 saturated heterocycles. The van der Waals surface area contributed by atoms with Crippen LogP contribution in [0.4, 0.5) is 11.5 Å². The molecule has 1 aromatic rings. The van der Waals surface area contributed by atoms with E-state index in [0.717, 1.165) is 10.2 Å². The molecule has 1 rings (SSSR count). The second-order valence-corrected chi connectivity index (χ2v) is 3.48. The first-order chi connectivity index (χ1) is 6.15. The van der Waals surface area contributed by atoms with Gasteiger partial charge in [0.15, 0.2) is 0 Å². The molecule has 0 radical (unpaired) electrons. The smallest absolute Gasteiger partial charge is 0.125 e. The summed E-state index contributed by atoms with van der Waals surface area (Å²) in [5.41, 5.74) is 6.50. The second-order valence-electron chi connectivity index (χ2n) is 2.62. The van der Waals surface area contributed by atoms with Crippen LogP contribution in [0, 0.1) is 12.3 Å². The molecular weight excluding hydrogens is 230 g/mol. The van der Waals surface area contributed by atoms with Crippen LogP contribution >= 0.6 is 15.9 Å². The van der Waals surface area contributed by atoms with Crippen molar-refractivity contribution in [2.75, 3.05) is 24.2 Å². The molecule has 1 aromatic heterocycles. The maximum atomic E-state index is 5.55. The van der Waals surface area contributed by atoms with Crippen molar-refractivity contribution in [2.24, 2.45) is 0 Å². The van der Waals surface area contributed by atoms with Gasteiger partial charge in [0, 0.05) is 19.3 Å². The first-order valence-corrected chi connectivity index (χ1v) is 4.50. The molecule has 0 aliphatic rings. The molecule has 3 nitrogen and oxygen atoms in total. The maximum Gasteiger partial charge on any atom is 0.125 e. The van der Waals surface area contributed by atoms with Crippen LogP contribution in [0.1, 0.15) is 0 Å². The largest absolute Gasteiger partial charge is 0.384 e. The number of pyridine rings is 1. The molecule has 1 heterocycles. The number of aromatic nitrogens is 1. The van der Waals surface area contributed by atoms with Gasteiger partial charge in [-0.3, -0.25) is 0 Å². The first kappa shape index (κ1) is 9.87. The average molecular weight is 240 g/mol. The predicted octanol–water partition coefficient (Wildman–Crippen LogP) is 1.50. The van der Waals surface area contributed by atoms with Crippen molar-refractivity contribution in [1.29, 1.82) is 0 Å². The number of hydrogen-bond donors (Lipinski definition) is 1. The van der Waals surface area contributed by atoms with Gasteiger partial charge in [-0.15, -0.1) is 6.42 Å². The quantitative estimate of drug-likeness (QED) is 0.796. The van der Waals surface area contributed by atoms with Crippen molar-refractivity contribution in [3.8, 4) is 12.3 Å². The van der Waals surface area contributed by atoms with Gasteiger partial charge in [-0.2, -0.15) is 0 Å². The summed E-state index contributed by atoms with van der Waals surface area (Å²) in [6, 6.07) is 1.78. The highest BCUT2D eigenvalue weighted by Crippen LogP contribution is 2.25. The Morgan fingerprint density at radius 3 is 3.08 bits per heavy atom. The van der Waals surface area contributed by atoms with E-state index in [1.165, 1.54) is 0 Å². The molecule has 0 aromatic carbocycles. The van der Waals surface area contributed by atoms with E-state index in [1.54, 1.807) is 12.3 Å². The van der Waals surface area contributed by atoms with E-state index >= 15 is 0 Å². The lowest BCUT2D eigenvalue weighted by Crippen LogP contribution is -2.17. The Bertz CT molecular complexity index is 343. The van der Waals surface area contributed by atoms with Crippen molar-refractivity contribution in [3.63, 3.8) is 0 Å². The Morgan fingerprint density at radius 1 is 1.77 bits per heavy atom. The minimum atomic E-state index is 0.488. The first-order valence-electron chi connectivity index (χ1n) is 3.70. The molecule has 0 bridgehead atoms. The summed E-state index contributed by atoms with van der Waals surface area (Å²) in [5, 5.41) is 0. The Hall–Kier alpha value is -1.21. The predicted molar refractivity (Wildman–Crippen MR) is 58.5 cm³/mol. The van der Waals surface area contributed by atoms with Crippen molar-refractivity contribution >= 4 is 27.4 Å². The summed E-state index contributed by atoms with van der Waals surface area (Å²) in [7, 11) is 1.90. The molecule has 0 amide bonds. The minimum absolute atomic E-state index is 0.488. The van der Waals surface area contributed by atoms with Gasteiger partial charge in [0.1, 0.15) is 5.82 Å². The molecule has 4 heteroatoms. The molecule has 13 heavy (non-hydrogen) atoms. The van der Waals surface area contributed by atoms with Crippen LogP contribution in [0.3, 0.4) is 0 Å². The number of terminal acetylenes is 1. The molecule has 2 N–H and O–H groups in total. The Kier molecular flexibility index (Phi) is 3.15. The monoisotopic (exact) mass is 239 g/mol. The lowest BCUT2D eigenvalue weighted by atomic mass is 10.3. The lowest BCUT2D eigenvalue weighted by Gasteiger charge is -2.17. The average Bonchev–Trinajstić information content (AvgIpc) is 2.09. The van der Waals surface area contributed by atoms with Crippen LogP contribution in [0.15, 0.2) is 16.7 Å². The van der Waals surface area contributed by atoms with E-state index in [-0.39, 0.29) is 0 Å². The topological polar surface area (TPSA) is 42.1 Å². The van der Waals surface area contributed by atoms with Crippen molar-refractivity contribution < 1.29 is 0 Å². The normalized spacial score (nSPS) is 9.31. The summed E-state index contributed by atoms with van der Waals surface area (Å²) >= 11 is 3.37. The van der Waals surface area contributed by atoms with E-state index in [0.29, 0.717) is 12.4 Å². The van der Waals surface area contributed by atoms with Gasteiger partial charge < -0.3 is 10.6 Å². The van der Waals surface area contributed by atoms with Crippen LogP contribution in [-0.2, 0) is 0 Å². The zero-order valence-electron chi connectivity index (χ0n) is 7.29. The summed E-state index contributed by atoms with van der Waals surface area (Å²) < 4.78 is 0.888. The Labute approximate surface area is 86.1 Å². The number of rotatable bonds is 2. The molecule has 0 saturated carbocycles. The van der Waals surface area contributed by atoms with Crippen molar-refractivity contribution in [1.82, 2.24) is 4.98 Å². The fraction of sp³-hybridized carbons (Fsp3) is 0.222. The lowest BCUT2D eigenvalue weighted by molar-refractivity contribution is 1.04. The van der Waals surface area contributed by atoms with Gasteiger partial charge >= 0.3 is 0 Å². The molecule has 0 aliphatic carbocycles.